The summed E-state index contributed by atoms with van der Waals surface area (Å²) < 4.78 is 5.11. The molecule has 0 saturated carbocycles. The Morgan fingerprint density at radius 1 is 1.47 bits per heavy atom. The molecule has 0 spiro atoms. The van der Waals surface area contributed by atoms with Crippen molar-refractivity contribution in [3.63, 3.8) is 0 Å². The second kappa shape index (κ2) is 6.26. The maximum Gasteiger partial charge on any atom is 0.124 e. The van der Waals surface area contributed by atoms with Crippen LogP contribution in [-0.4, -0.2) is 43.3 Å². The molecule has 0 aromatic heterocycles. The Kier molecular flexibility index (Phi) is 4.66. The summed E-state index contributed by atoms with van der Waals surface area (Å²) in [5, 5.41) is 13.6. The van der Waals surface area contributed by atoms with E-state index in [1.165, 1.54) is 19.4 Å². The van der Waals surface area contributed by atoms with E-state index in [0.29, 0.717) is 17.5 Å². The fourth-order valence-electron chi connectivity index (χ4n) is 2.76. The van der Waals surface area contributed by atoms with Crippen molar-refractivity contribution >= 4 is 0 Å². The highest BCUT2D eigenvalue weighted by Gasteiger charge is 2.20. The number of nitrogens with one attached hydrogen (secondary N) is 1. The predicted molar refractivity (Wildman–Crippen MR) is 76.7 cm³/mol. The number of hydrogen-bond donors (Lipinski definition) is 2. The minimum atomic E-state index is 0.141. The molecule has 19 heavy (non-hydrogen) atoms. The van der Waals surface area contributed by atoms with Crippen molar-refractivity contribution in [1.29, 1.82) is 0 Å². The molecule has 4 heteroatoms. The van der Waals surface area contributed by atoms with E-state index in [4.69, 9.17) is 4.74 Å². The van der Waals surface area contributed by atoms with Crippen LogP contribution in [0.1, 0.15) is 31.4 Å². The second-order valence-electron chi connectivity index (χ2n) is 5.41. The van der Waals surface area contributed by atoms with Gasteiger partial charge in [0.2, 0.25) is 0 Å². The largest absolute Gasteiger partial charge is 0.507 e. The van der Waals surface area contributed by atoms with Gasteiger partial charge in [-0.3, -0.25) is 0 Å². The van der Waals surface area contributed by atoms with Crippen LogP contribution in [0.2, 0.25) is 0 Å². The first kappa shape index (κ1) is 14.2. The molecule has 1 aromatic carbocycles. The predicted octanol–water partition coefficient (Wildman–Crippen LogP) is 2.15. The van der Waals surface area contributed by atoms with Gasteiger partial charge in [-0.15, -0.1) is 0 Å². The molecule has 2 atom stereocenters. The minimum Gasteiger partial charge on any atom is -0.507 e. The Hall–Kier alpha value is -1.26. The lowest BCUT2D eigenvalue weighted by Gasteiger charge is -2.32. The lowest BCUT2D eigenvalue weighted by atomic mass is 10.0. The van der Waals surface area contributed by atoms with Crippen LogP contribution in [0.3, 0.4) is 0 Å². The standard InChI is InChI=1S/C15H24N2O2/c1-11(16-12-5-4-8-17(2)10-12)14-7-6-13(19-3)9-15(14)18/h6-7,9,11-12,16,18H,4-5,8,10H2,1-3H3. The fraction of sp³-hybridized carbons (Fsp3) is 0.600. The van der Waals surface area contributed by atoms with Crippen molar-refractivity contribution in [1.82, 2.24) is 10.2 Å². The van der Waals surface area contributed by atoms with Gasteiger partial charge in [-0.1, -0.05) is 6.07 Å². The van der Waals surface area contributed by atoms with Crippen molar-refractivity contribution < 1.29 is 9.84 Å². The Labute approximate surface area is 115 Å². The molecule has 0 amide bonds. The summed E-state index contributed by atoms with van der Waals surface area (Å²) >= 11 is 0. The summed E-state index contributed by atoms with van der Waals surface area (Å²) in [4.78, 5) is 2.35. The average molecular weight is 264 g/mol. The molecule has 1 saturated heterocycles. The molecule has 2 N–H and O–H groups in total. The number of phenolic OH excluding ortho intramolecular Hbond substituents is 1. The number of methoxy groups -OCH3 is 1. The molecule has 0 radical (unpaired) electrons. The van der Waals surface area contributed by atoms with Gasteiger partial charge >= 0.3 is 0 Å². The molecule has 2 unspecified atom stereocenters. The summed E-state index contributed by atoms with van der Waals surface area (Å²) in [5.74, 6) is 0.981. The molecular formula is C15H24N2O2. The Balaban J connectivity index is 2.01. The molecule has 0 bridgehead atoms. The highest BCUT2D eigenvalue weighted by atomic mass is 16.5. The normalized spacial score (nSPS) is 22.2. The van der Waals surface area contributed by atoms with Gasteiger partial charge < -0.3 is 20.1 Å². The fourth-order valence-corrected chi connectivity index (χ4v) is 2.76. The van der Waals surface area contributed by atoms with E-state index in [-0.39, 0.29) is 6.04 Å². The number of likely N-dealkylation sites (tertiary alicyclic amines) is 1. The zero-order valence-electron chi connectivity index (χ0n) is 12.0. The van der Waals surface area contributed by atoms with E-state index >= 15 is 0 Å². The summed E-state index contributed by atoms with van der Waals surface area (Å²) in [5.41, 5.74) is 0.925. The van der Waals surface area contributed by atoms with Gasteiger partial charge in [0.1, 0.15) is 11.5 Å². The number of benzene rings is 1. The van der Waals surface area contributed by atoms with Crippen molar-refractivity contribution in [3.8, 4) is 11.5 Å². The van der Waals surface area contributed by atoms with Gasteiger partial charge in [-0.2, -0.15) is 0 Å². The van der Waals surface area contributed by atoms with E-state index in [1.54, 1.807) is 13.2 Å². The number of hydrogen-bond acceptors (Lipinski definition) is 4. The first-order chi connectivity index (χ1) is 9.10. The van der Waals surface area contributed by atoms with Crippen molar-refractivity contribution in [2.24, 2.45) is 0 Å². The topological polar surface area (TPSA) is 44.7 Å². The van der Waals surface area contributed by atoms with Crippen LogP contribution in [-0.2, 0) is 0 Å². The molecular weight excluding hydrogens is 240 g/mol. The molecule has 1 heterocycles. The number of likely N-dealkylation sites (N-methyl/N-ethyl adjacent to an activating group) is 1. The second-order valence-corrected chi connectivity index (χ2v) is 5.41. The lowest BCUT2D eigenvalue weighted by Crippen LogP contribution is -2.44. The summed E-state index contributed by atoms with van der Waals surface area (Å²) in [7, 11) is 3.76. The number of rotatable bonds is 4. The Bertz CT molecular complexity index is 423. The highest BCUT2D eigenvalue weighted by molar-refractivity contribution is 5.41. The Morgan fingerprint density at radius 3 is 2.89 bits per heavy atom. The first-order valence-corrected chi connectivity index (χ1v) is 6.91. The molecule has 1 aliphatic heterocycles. The molecule has 4 nitrogen and oxygen atoms in total. The van der Waals surface area contributed by atoms with Crippen LogP contribution >= 0.6 is 0 Å². The molecule has 1 fully saturated rings. The van der Waals surface area contributed by atoms with Crippen LogP contribution in [0, 0.1) is 0 Å². The molecule has 1 aliphatic rings. The van der Waals surface area contributed by atoms with E-state index in [2.05, 4.69) is 24.2 Å². The highest BCUT2D eigenvalue weighted by Crippen LogP contribution is 2.29. The van der Waals surface area contributed by atoms with Crippen LogP contribution in [0.4, 0.5) is 0 Å². The maximum absolute atomic E-state index is 10.0. The smallest absolute Gasteiger partial charge is 0.124 e. The van der Waals surface area contributed by atoms with Gasteiger partial charge in [0, 0.05) is 30.3 Å². The van der Waals surface area contributed by atoms with Gasteiger partial charge in [-0.05, 0) is 39.4 Å². The molecule has 106 valence electrons. The van der Waals surface area contributed by atoms with Crippen molar-refractivity contribution in [2.75, 3.05) is 27.2 Å². The van der Waals surface area contributed by atoms with Gasteiger partial charge in [0.15, 0.2) is 0 Å². The SMILES string of the molecule is COc1ccc(C(C)NC2CCCN(C)C2)c(O)c1. The lowest BCUT2D eigenvalue weighted by molar-refractivity contribution is 0.218. The number of ether oxygens (including phenoxy) is 1. The molecule has 2 rings (SSSR count). The van der Waals surface area contributed by atoms with Crippen molar-refractivity contribution in [2.45, 2.75) is 31.8 Å². The average Bonchev–Trinajstić information content (AvgIpc) is 2.38. The summed E-state index contributed by atoms with van der Waals surface area (Å²) in [6.07, 6.45) is 2.43. The number of piperidine rings is 1. The van der Waals surface area contributed by atoms with E-state index in [0.717, 1.165) is 12.1 Å². The monoisotopic (exact) mass is 264 g/mol. The zero-order valence-corrected chi connectivity index (χ0v) is 12.0. The van der Waals surface area contributed by atoms with E-state index in [9.17, 15) is 5.11 Å². The van der Waals surface area contributed by atoms with Crippen molar-refractivity contribution in [3.05, 3.63) is 23.8 Å². The minimum absolute atomic E-state index is 0.141. The Morgan fingerprint density at radius 2 is 2.26 bits per heavy atom. The van der Waals surface area contributed by atoms with E-state index < -0.39 is 0 Å². The zero-order chi connectivity index (χ0) is 13.8. The third kappa shape index (κ3) is 3.61. The molecule has 0 aliphatic carbocycles. The quantitative estimate of drug-likeness (QED) is 0.874. The van der Waals surface area contributed by atoms with Crippen LogP contribution in [0.5, 0.6) is 11.5 Å². The van der Waals surface area contributed by atoms with Gasteiger partial charge in [0.25, 0.3) is 0 Å². The third-order valence-electron chi connectivity index (χ3n) is 3.81. The molecule has 1 aromatic rings. The first-order valence-electron chi connectivity index (χ1n) is 6.91. The maximum atomic E-state index is 10.0. The number of nitrogens with zero attached hydrogens (tertiary/aromatic N) is 1. The number of phenols is 1. The van der Waals surface area contributed by atoms with Crippen LogP contribution in [0.25, 0.3) is 0 Å². The number of aromatic hydroxyl groups is 1. The van der Waals surface area contributed by atoms with Gasteiger partial charge in [-0.25, -0.2) is 0 Å². The third-order valence-corrected chi connectivity index (χ3v) is 3.81. The van der Waals surface area contributed by atoms with Crippen LogP contribution in [0.15, 0.2) is 18.2 Å². The summed E-state index contributed by atoms with van der Waals surface area (Å²) in [6.45, 7) is 4.34. The van der Waals surface area contributed by atoms with E-state index in [1.807, 2.05) is 12.1 Å². The summed E-state index contributed by atoms with van der Waals surface area (Å²) in [6, 6.07) is 6.12. The van der Waals surface area contributed by atoms with Gasteiger partial charge in [0.05, 0.1) is 7.11 Å². The van der Waals surface area contributed by atoms with Crippen LogP contribution < -0.4 is 10.1 Å².